The van der Waals surface area contributed by atoms with Gasteiger partial charge in [-0.05, 0) is 75.2 Å². The molecule has 1 amide bonds. The minimum absolute atomic E-state index is 0.0712. The highest BCUT2D eigenvalue weighted by atomic mass is 16.5. The Morgan fingerprint density at radius 3 is 2.88 bits per heavy atom. The van der Waals surface area contributed by atoms with Crippen molar-refractivity contribution in [1.29, 1.82) is 0 Å². The lowest BCUT2D eigenvalue weighted by Crippen LogP contribution is -2.32. The zero-order valence-corrected chi connectivity index (χ0v) is 16.1. The molecule has 2 fully saturated rings. The van der Waals surface area contributed by atoms with Crippen LogP contribution in [0.1, 0.15) is 44.6 Å². The van der Waals surface area contributed by atoms with E-state index < -0.39 is 0 Å². The lowest BCUT2D eigenvalue weighted by Gasteiger charge is -2.28. The van der Waals surface area contributed by atoms with E-state index >= 15 is 0 Å². The first-order chi connectivity index (χ1) is 12.6. The number of aryl methyl sites for hydroxylation is 1. The van der Waals surface area contributed by atoms with Crippen LogP contribution in [0.25, 0.3) is 0 Å². The maximum atomic E-state index is 12.6. The Morgan fingerprint density at radius 2 is 2.15 bits per heavy atom. The van der Waals surface area contributed by atoms with Gasteiger partial charge in [0, 0.05) is 13.0 Å². The molecule has 0 aromatic heterocycles. The normalized spacial score (nSPS) is 22.2. The lowest BCUT2D eigenvalue weighted by molar-refractivity contribution is -0.117. The fourth-order valence-corrected chi connectivity index (χ4v) is 3.88. The number of amides is 1. The molecule has 3 rings (SSSR count). The number of anilines is 1. The Balaban J connectivity index is 1.56. The summed E-state index contributed by atoms with van der Waals surface area (Å²) in [5, 5.41) is 6.45. The van der Waals surface area contributed by atoms with Crippen LogP contribution in [0.2, 0.25) is 0 Å². The van der Waals surface area contributed by atoms with Gasteiger partial charge in [0.15, 0.2) is 0 Å². The van der Waals surface area contributed by atoms with Gasteiger partial charge in [0.05, 0.1) is 11.8 Å². The van der Waals surface area contributed by atoms with Gasteiger partial charge in [-0.1, -0.05) is 13.0 Å². The minimum atomic E-state index is 0.0712. The second-order valence-electron chi connectivity index (χ2n) is 7.76. The van der Waals surface area contributed by atoms with Gasteiger partial charge in [0.2, 0.25) is 5.91 Å². The smallest absolute Gasteiger partial charge is 0.224 e. The predicted molar refractivity (Wildman–Crippen MR) is 104 cm³/mol. The summed E-state index contributed by atoms with van der Waals surface area (Å²) in [5.74, 6) is 1.85. The standard InChI is InChI=1S/C21H32N2O3/c1-15-5-6-19(20(12-15)26-14-18-4-3-11-25-18)23-21(24)13-16(2)17-7-9-22-10-8-17/h5-6,12,16-18,22H,3-4,7-11,13-14H2,1-2H3,(H,23,24). The van der Waals surface area contributed by atoms with E-state index in [4.69, 9.17) is 9.47 Å². The Kier molecular flexibility index (Phi) is 6.92. The van der Waals surface area contributed by atoms with E-state index in [2.05, 4.69) is 17.6 Å². The van der Waals surface area contributed by atoms with Gasteiger partial charge < -0.3 is 20.1 Å². The molecule has 144 valence electrons. The summed E-state index contributed by atoms with van der Waals surface area (Å²) < 4.78 is 11.6. The molecule has 2 unspecified atom stereocenters. The molecule has 5 heteroatoms. The Hall–Kier alpha value is -1.59. The van der Waals surface area contributed by atoms with Crippen molar-refractivity contribution in [3.8, 4) is 5.75 Å². The number of piperidine rings is 1. The predicted octanol–water partition coefficient (Wildman–Crippen LogP) is 3.52. The third-order valence-electron chi connectivity index (χ3n) is 5.56. The summed E-state index contributed by atoms with van der Waals surface area (Å²) in [6.45, 7) is 7.71. The zero-order chi connectivity index (χ0) is 18.4. The van der Waals surface area contributed by atoms with Crippen LogP contribution < -0.4 is 15.4 Å². The molecular formula is C21H32N2O3. The molecule has 0 aliphatic carbocycles. The monoisotopic (exact) mass is 360 g/mol. The van der Waals surface area contributed by atoms with Gasteiger partial charge in [-0.2, -0.15) is 0 Å². The number of ether oxygens (including phenoxy) is 2. The fourth-order valence-electron chi connectivity index (χ4n) is 3.88. The first kappa shape index (κ1) is 19.2. The van der Waals surface area contributed by atoms with Crippen molar-refractivity contribution in [2.24, 2.45) is 11.8 Å². The van der Waals surface area contributed by atoms with Gasteiger partial charge in [-0.25, -0.2) is 0 Å². The summed E-state index contributed by atoms with van der Waals surface area (Å²) in [6.07, 6.45) is 5.19. The van der Waals surface area contributed by atoms with Crippen molar-refractivity contribution in [3.05, 3.63) is 23.8 Å². The van der Waals surface area contributed by atoms with E-state index in [-0.39, 0.29) is 12.0 Å². The number of benzene rings is 1. The highest BCUT2D eigenvalue weighted by Crippen LogP contribution is 2.29. The van der Waals surface area contributed by atoms with Crippen LogP contribution >= 0.6 is 0 Å². The summed E-state index contributed by atoms with van der Waals surface area (Å²) in [4.78, 5) is 12.6. The van der Waals surface area contributed by atoms with Crippen molar-refractivity contribution in [1.82, 2.24) is 5.32 Å². The van der Waals surface area contributed by atoms with E-state index in [1.54, 1.807) is 0 Å². The summed E-state index contributed by atoms with van der Waals surface area (Å²) in [5.41, 5.74) is 1.88. The molecule has 2 aliphatic rings. The fraction of sp³-hybridized carbons (Fsp3) is 0.667. The summed E-state index contributed by atoms with van der Waals surface area (Å²) >= 11 is 0. The molecule has 1 aromatic rings. The Morgan fingerprint density at radius 1 is 1.35 bits per heavy atom. The van der Waals surface area contributed by atoms with Crippen LogP contribution in [-0.4, -0.2) is 38.3 Å². The molecule has 2 heterocycles. The lowest BCUT2D eigenvalue weighted by atomic mass is 9.84. The van der Waals surface area contributed by atoms with Crippen LogP contribution in [0.5, 0.6) is 5.75 Å². The first-order valence-electron chi connectivity index (χ1n) is 9.97. The van der Waals surface area contributed by atoms with E-state index in [0.717, 1.165) is 62.4 Å². The van der Waals surface area contributed by atoms with E-state index in [1.807, 2.05) is 25.1 Å². The van der Waals surface area contributed by atoms with Crippen LogP contribution in [0.4, 0.5) is 5.69 Å². The van der Waals surface area contributed by atoms with Crippen molar-refractivity contribution in [2.45, 2.75) is 52.1 Å². The molecule has 5 nitrogen and oxygen atoms in total. The van der Waals surface area contributed by atoms with Crippen molar-refractivity contribution in [3.63, 3.8) is 0 Å². The maximum absolute atomic E-state index is 12.6. The van der Waals surface area contributed by atoms with Gasteiger partial charge in [-0.15, -0.1) is 0 Å². The number of hydrogen-bond acceptors (Lipinski definition) is 4. The van der Waals surface area contributed by atoms with Crippen molar-refractivity contribution >= 4 is 11.6 Å². The number of hydrogen-bond donors (Lipinski definition) is 2. The molecule has 0 saturated carbocycles. The topological polar surface area (TPSA) is 59.6 Å². The first-order valence-corrected chi connectivity index (χ1v) is 9.97. The van der Waals surface area contributed by atoms with Crippen molar-refractivity contribution < 1.29 is 14.3 Å². The van der Waals surface area contributed by atoms with E-state index in [1.165, 1.54) is 0 Å². The highest BCUT2D eigenvalue weighted by Gasteiger charge is 2.23. The minimum Gasteiger partial charge on any atom is -0.489 e. The van der Waals surface area contributed by atoms with Crippen LogP contribution in [0.3, 0.4) is 0 Å². The average Bonchev–Trinajstić information content (AvgIpc) is 3.16. The van der Waals surface area contributed by atoms with Gasteiger partial charge in [-0.3, -0.25) is 4.79 Å². The molecule has 26 heavy (non-hydrogen) atoms. The molecule has 0 bridgehead atoms. The number of rotatable bonds is 7. The molecular weight excluding hydrogens is 328 g/mol. The number of carbonyl (C=O) groups excluding carboxylic acids is 1. The number of carbonyl (C=O) groups is 1. The van der Waals surface area contributed by atoms with Crippen LogP contribution in [0, 0.1) is 18.8 Å². The van der Waals surface area contributed by atoms with Crippen LogP contribution in [-0.2, 0) is 9.53 Å². The summed E-state index contributed by atoms with van der Waals surface area (Å²) in [7, 11) is 0. The molecule has 0 radical (unpaired) electrons. The maximum Gasteiger partial charge on any atom is 0.224 e. The van der Waals surface area contributed by atoms with Gasteiger partial charge in [0.1, 0.15) is 12.4 Å². The zero-order valence-electron chi connectivity index (χ0n) is 16.1. The second-order valence-corrected chi connectivity index (χ2v) is 7.76. The van der Waals surface area contributed by atoms with Crippen molar-refractivity contribution in [2.75, 3.05) is 31.6 Å². The quantitative estimate of drug-likeness (QED) is 0.781. The molecule has 2 atom stereocenters. The van der Waals surface area contributed by atoms with Gasteiger partial charge in [0.25, 0.3) is 0 Å². The molecule has 0 spiro atoms. The highest BCUT2D eigenvalue weighted by molar-refractivity contribution is 5.92. The third-order valence-corrected chi connectivity index (χ3v) is 5.56. The number of nitrogens with one attached hydrogen (secondary N) is 2. The van der Waals surface area contributed by atoms with E-state index in [0.29, 0.717) is 24.9 Å². The van der Waals surface area contributed by atoms with E-state index in [9.17, 15) is 4.79 Å². The Bertz CT molecular complexity index is 593. The summed E-state index contributed by atoms with van der Waals surface area (Å²) in [6, 6.07) is 5.93. The average molecular weight is 360 g/mol. The molecule has 2 aliphatic heterocycles. The molecule has 2 saturated heterocycles. The van der Waals surface area contributed by atoms with Gasteiger partial charge >= 0.3 is 0 Å². The largest absolute Gasteiger partial charge is 0.489 e. The van der Waals surface area contributed by atoms with Crippen LogP contribution in [0.15, 0.2) is 18.2 Å². The Labute approximate surface area is 156 Å². The molecule has 1 aromatic carbocycles. The SMILES string of the molecule is Cc1ccc(NC(=O)CC(C)C2CCNCC2)c(OCC2CCCO2)c1. The molecule has 2 N–H and O–H groups in total. The second kappa shape index (κ2) is 9.38. The third kappa shape index (κ3) is 5.45.